The van der Waals surface area contributed by atoms with Gasteiger partial charge in [0.05, 0.1) is 36.3 Å². The number of rotatable bonds is 2. The number of likely N-dealkylation sites (N-methyl/N-ethyl adjacent to an activating group) is 1. The summed E-state index contributed by atoms with van der Waals surface area (Å²) in [7, 11) is 3.45. The fourth-order valence-electron chi connectivity index (χ4n) is 7.90. The molecule has 2 aromatic rings. The summed E-state index contributed by atoms with van der Waals surface area (Å²) in [6.07, 6.45) is 0.488. The number of fused-ring (bicyclic) bond motifs is 9. The number of nitrogens with zero attached hydrogens (tertiary/aromatic N) is 3. The van der Waals surface area contributed by atoms with Crippen LogP contribution < -0.4 is 18.9 Å². The van der Waals surface area contributed by atoms with Gasteiger partial charge < -0.3 is 28.8 Å². The van der Waals surface area contributed by atoms with Crippen LogP contribution in [0.5, 0.6) is 28.7 Å². The number of cyclic esters (lactones) is 1. The van der Waals surface area contributed by atoms with E-state index in [1.807, 2.05) is 20.0 Å². The van der Waals surface area contributed by atoms with E-state index in [4.69, 9.17) is 23.7 Å². The number of carbonyl (C=O) groups excluding carboxylic acids is 3. The van der Waals surface area contributed by atoms with Crippen LogP contribution in [0.1, 0.15) is 57.6 Å². The summed E-state index contributed by atoms with van der Waals surface area (Å²) in [6, 6.07) is 1.81. The summed E-state index contributed by atoms with van der Waals surface area (Å²) in [5, 5.41) is 21.9. The molecule has 6 atom stereocenters. The molecule has 1 N–H and O–H groups in total. The minimum absolute atomic E-state index is 0.0240. The van der Waals surface area contributed by atoms with Gasteiger partial charge in [0.15, 0.2) is 23.0 Å². The van der Waals surface area contributed by atoms with Crippen LogP contribution in [-0.2, 0) is 25.5 Å². The Morgan fingerprint density at radius 3 is 2.59 bits per heavy atom. The molecule has 0 aliphatic carbocycles. The van der Waals surface area contributed by atoms with Crippen LogP contribution in [0.25, 0.3) is 0 Å². The Morgan fingerprint density at radius 2 is 1.89 bits per heavy atom. The molecule has 1 unspecified atom stereocenters. The van der Waals surface area contributed by atoms with Gasteiger partial charge in [-0.3, -0.25) is 19.4 Å². The number of carbonyl (C=O) groups is 3. The zero-order valence-electron chi connectivity index (χ0n) is 24.8. The number of hydrogen-bond acceptors (Lipinski definition) is 13. The molecule has 12 nitrogen and oxygen atoms in total. The second-order valence-corrected chi connectivity index (χ2v) is 12.9. The summed E-state index contributed by atoms with van der Waals surface area (Å²) in [5.74, 6) is -0.855. The molecule has 5 aliphatic heterocycles. The first-order chi connectivity index (χ1) is 21.1. The highest BCUT2D eigenvalue weighted by molar-refractivity contribution is 8.00. The lowest BCUT2D eigenvalue weighted by Gasteiger charge is -2.61. The third kappa shape index (κ3) is 3.87. The summed E-state index contributed by atoms with van der Waals surface area (Å²) in [5.41, 5.74) is 4.16. The van der Waals surface area contributed by atoms with Crippen LogP contribution in [0.2, 0.25) is 0 Å². The van der Waals surface area contributed by atoms with Gasteiger partial charge in [-0.25, -0.2) is 4.79 Å². The maximum absolute atomic E-state index is 12.9. The predicted octanol–water partition coefficient (Wildman–Crippen LogP) is 2.80. The standard InChI is InChI=1S/C31H31N3O9S/c1-12-6-15-7-16-17(8-32)34-18-9-40-31(38)19(36)10-44-30(24(34)23(33(16)4)20(15)25(37)26(12)39-5)22-21(18)29-28(41-11-42-29)13(2)27(22)43-14(3)35/h6,16-18,23-24,30,37H,7,9-11H2,1-5H3/t16-,17-,18-,23+,24?,30+/m0/s1. The third-order valence-corrected chi connectivity index (χ3v) is 10.8. The molecule has 230 valence electrons. The molecule has 0 saturated carbocycles. The fourth-order valence-corrected chi connectivity index (χ4v) is 9.23. The van der Waals surface area contributed by atoms with E-state index in [-0.39, 0.29) is 30.9 Å². The lowest BCUT2D eigenvalue weighted by molar-refractivity contribution is -0.157. The van der Waals surface area contributed by atoms with Gasteiger partial charge in [-0.2, -0.15) is 5.26 Å². The van der Waals surface area contributed by atoms with E-state index in [1.54, 1.807) is 6.92 Å². The Balaban J connectivity index is 1.57. The molecular formula is C31H31N3O9S. The van der Waals surface area contributed by atoms with Gasteiger partial charge in [0.2, 0.25) is 12.6 Å². The summed E-state index contributed by atoms with van der Waals surface area (Å²) >= 11 is 1.22. The monoisotopic (exact) mass is 621 g/mol. The number of piperazine rings is 1. The molecule has 7 rings (SSSR count). The van der Waals surface area contributed by atoms with E-state index in [1.165, 1.54) is 25.8 Å². The molecule has 2 aromatic carbocycles. The van der Waals surface area contributed by atoms with Crippen molar-refractivity contribution in [3.8, 4) is 34.8 Å². The highest BCUT2D eigenvalue weighted by atomic mass is 32.2. The number of nitriles is 1. The Hall–Kier alpha value is -3.99. The Morgan fingerprint density at radius 1 is 1.14 bits per heavy atom. The number of benzene rings is 2. The highest BCUT2D eigenvalue weighted by Gasteiger charge is 2.60. The Labute approximate surface area is 257 Å². The van der Waals surface area contributed by atoms with Crippen LogP contribution in [-0.4, -0.2) is 84.1 Å². The smallest absolute Gasteiger partial charge is 0.375 e. The number of methoxy groups -OCH3 is 1. The molecule has 44 heavy (non-hydrogen) atoms. The van der Waals surface area contributed by atoms with Gasteiger partial charge in [0.25, 0.3) is 0 Å². The number of phenolic OH excluding ortho intramolecular Hbond substituents is 1. The van der Waals surface area contributed by atoms with E-state index in [2.05, 4.69) is 15.9 Å². The molecule has 13 heteroatoms. The molecule has 0 spiro atoms. The SMILES string of the molecule is COc1c(C)cc2c(c1O)[C@@H]1C3[C@@H]4SCC(=O)C(=O)OC[C@@H](c5c6c(c(C)c(OC(C)=O)c54)OCO6)N3[C@@H](C#N)[C@H](C2)N1C. The quantitative estimate of drug-likeness (QED) is 0.298. The number of aryl methyl sites for hydroxylation is 1. The number of Topliss-reactive ketones (excluding diaryl/α,β-unsaturated/α-hetero) is 1. The lowest BCUT2D eigenvalue weighted by atomic mass is 9.71. The number of phenols is 1. The van der Waals surface area contributed by atoms with Gasteiger partial charge in [0, 0.05) is 41.3 Å². The molecule has 0 aromatic heterocycles. The van der Waals surface area contributed by atoms with Crippen molar-refractivity contribution in [3.63, 3.8) is 0 Å². The van der Waals surface area contributed by atoms with E-state index in [0.29, 0.717) is 51.7 Å². The number of ether oxygens (including phenoxy) is 5. The number of aromatic hydroxyl groups is 1. The van der Waals surface area contributed by atoms with Gasteiger partial charge in [-0.1, -0.05) is 6.07 Å². The average molecular weight is 622 g/mol. The minimum Gasteiger partial charge on any atom is -0.504 e. The molecule has 4 bridgehead atoms. The zero-order valence-corrected chi connectivity index (χ0v) is 25.6. The first-order valence-corrected chi connectivity index (χ1v) is 15.4. The Bertz CT molecular complexity index is 1690. The second-order valence-electron chi connectivity index (χ2n) is 11.8. The first kappa shape index (κ1) is 28.8. The summed E-state index contributed by atoms with van der Waals surface area (Å²) in [6.45, 7) is 4.65. The zero-order chi connectivity index (χ0) is 31.2. The van der Waals surface area contributed by atoms with Crippen molar-refractivity contribution in [2.45, 2.75) is 62.7 Å². The Kier molecular flexibility index (Phi) is 6.73. The molecule has 5 heterocycles. The third-order valence-electron chi connectivity index (χ3n) is 9.54. The molecule has 2 fully saturated rings. The fraction of sp³-hybridized carbons (Fsp3) is 0.484. The average Bonchev–Trinajstić information content (AvgIpc) is 3.47. The lowest BCUT2D eigenvalue weighted by Crippen LogP contribution is -2.69. The number of hydrogen-bond donors (Lipinski definition) is 1. The van der Waals surface area contributed by atoms with Crippen molar-refractivity contribution >= 4 is 29.5 Å². The molecular weight excluding hydrogens is 590 g/mol. The number of ketones is 1. The van der Waals surface area contributed by atoms with Crippen LogP contribution >= 0.6 is 11.8 Å². The van der Waals surface area contributed by atoms with Crippen molar-refractivity contribution < 1.29 is 43.2 Å². The molecule has 0 radical (unpaired) electrons. The summed E-state index contributed by atoms with van der Waals surface area (Å²) in [4.78, 5) is 42.3. The van der Waals surface area contributed by atoms with E-state index >= 15 is 0 Å². The first-order valence-electron chi connectivity index (χ1n) is 14.3. The largest absolute Gasteiger partial charge is 0.504 e. The normalized spacial score (nSPS) is 28.7. The van der Waals surface area contributed by atoms with Gasteiger partial charge in [-0.15, -0.1) is 11.8 Å². The van der Waals surface area contributed by atoms with Crippen molar-refractivity contribution in [1.29, 1.82) is 5.26 Å². The maximum Gasteiger partial charge on any atom is 0.375 e. The van der Waals surface area contributed by atoms with Gasteiger partial charge >= 0.3 is 11.9 Å². The summed E-state index contributed by atoms with van der Waals surface area (Å²) < 4.78 is 29.0. The highest BCUT2D eigenvalue weighted by Crippen LogP contribution is 2.63. The van der Waals surface area contributed by atoms with Crippen molar-refractivity contribution in [3.05, 3.63) is 39.4 Å². The van der Waals surface area contributed by atoms with Crippen molar-refractivity contribution in [2.24, 2.45) is 0 Å². The van der Waals surface area contributed by atoms with Gasteiger partial charge in [0.1, 0.15) is 18.4 Å². The van der Waals surface area contributed by atoms with Crippen LogP contribution in [0.15, 0.2) is 6.07 Å². The predicted molar refractivity (Wildman–Crippen MR) is 155 cm³/mol. The van der Waals surface area contributed by atoms with E-state index in [0.717, 1.165) is 11.1 Å². The van der Waals surface area contributed by atoms with Crippen LogP contribution in [0.3, 0.4) is 0 Å². The maximum atomic E-state index is 12.9. The molecule has 0 amide bonds. The molecule has 5 aliphatic rings. The van der Waals surface area contributed by atoms with E-state index < -0.39 is 47.1 Å². The van der Waals surface area contributed by atoms with E-state index in [9.17, 15) is 24.8 Å². The van der Waals surface area contributed by atoms with Crippen LogP contribution in [0.4, 0.5) is 0 Å². The van der Waals surface area contributed by atoms with Crippen molar-refractivity contribution in [1.82, 2.24) is 9.80 Å². The topological polar surface area (TPSA) is 148 Å². The molecule has 2 saturated heterocycles. The minimum atomic E-state index is -0.949. The second kappa shape index (κ2) is 10.3. The number of esters is 2. The number of thioether (sulfide) groups is 1. The van der Waals surface area contributed by atoms with Crippen LogP contribution in [0, 0.1) is 25.2 Å². The van der Waals surface area contributed by atoms with Crippen molar-refractivity contribution in [2.75, 3.05) is 33.3 Å². The van der Waals surface area contributed by atoms with Gasteiger partial charge in [-0.05, 0) is 38.4 Å².